The highest BCUT2D eigenvalue weighted by Gasteiger charge is 2.07. The molecule has 1 aromatic rings. The van der Waals surface area contributed by atoms with E-state index >= 15 is 0 Å². The minimum Gasteiger partial charge on any atom is -0.496 e. The van der Waals surface area contributed by atoms with E-state index < -0.39 is 7.12 Å². The van der Waals surface area contributed by atoms with E-state index in [1.165, 1.54) is 5.98 Å². The molecular weight excluding hydrogens is 195 g/mol. The SMILES string of the molecule is COc1cccc(OC)c1/C=C/B(O)O. The van der Waals surface area contributed by atoms with E-state index in [1.807, 2.05) is 0 Å². The molecule has 0 bridgehead atoms. The summed E-state index contributed by atoms with van der Waals surface area (Å²) in [7, 11) is 1.60. The maximum Gasteiger partial charge on any atom is 0.480 e. The van der Waals surface area contributed by atoms with Gasteiger partial charge in [-0.25, -0.2) is 0 Å². The molecule has 0 saturated heterocycles. The molecule has 0 aliphatic heterocycles. The van der Waals surface area contributed by atoms with Gasteiger partial charge in [-0.05, 0) is 12.1 Å². The van der Waals surface area contributed by atoms with Crippen molar-refractivity contribution in [2.75, 3.05) is 14.2 Å². The van der Waals surface area contributed by atoms with Crippen molar-refractivity contribution in [1.29, 1.82) is 0 Å². The average Bonchev–Trinajstić information content (AvgIpc) is 2.25. The highest BCUT2D eigenvalue weighted by Crippen LogP contribution is 2.29. The molecule has 0 fully saturated rings. The van der Waals surface area contributed by atoms with Crippen molar-refractivity contribution in [3.05, 3.63) is 29.7 Å². The smallest absolute Gasteiger partial charge is 0.480 e. The molecule has 0 heterocycles. The Kier molecular flexibility index (Phi) is 4.21. The standard InChI is InChI=1S/C10H13BO4/c1-14-9-4-3-5-10(15-2)8(9)6-7-11(12)13/h3-7,12-13H,1-2H3/b7-6+. The molecule has 80 valence electrons. The molecule has 0 saturated carbocycles. The van der Waals surface area contributed by atoms with Gasteiger partial charge in [-0.3, -0.25) is 0 Å². The fraction of sp³-hybridized carbons (Fsp3) is 0.200. The van der Waals surface area contributed by atoms with Gasteiger partial charge in [0.05, 0.1) is 19.8 Å². The Balaban J connectivity index is 3.10. The highest BCUT2D eigenvalue weighted by atomic mass is 16.5. The second-order valence-electron chi connectivity index (χ2n) is 2.85. The molecule has 0 amide bonds. The van der Waals surface area contributed by atoms with Gasteiger partial charge in [-0.2, -0.15) is 0 Å². The molecule has 1 aromatic carbocycles. The van der Waals surface area contributed by atoms with E-state index in [0.717, 1.165) is 0 Å². The van der Waals surface area contributed by atoms with Crippen molar-refractivity contribution in [2.24, 2.45) is 0 Å². The quantitative estimate of drug-likeness (QED) is 0.716. The fourth-order valence-electron chi connectivity index (χ4n) is 1.23. The van der Waals surface area contributed by atoms with Crippen LogP contribution in [0.5, 0.6) is 11.5 Å². The van der Waals surface area contributed by atoms with Crippen LogP contribution in [0.3, 0.4) is 0 Å². The molecule has 0 spiro atoms. The van der Waals surface area contributed by atoms with Gasteiger partial charge in [0.25, 0.3) is 0 Å². The summed E-state index contributed by atoms with van der Waals surface area (Å²) in [6.45, 7) is 0. The first-order valence-corrected chi connectivity index (χ1v) is 4.44. The summed E-state index contributed by atoms with van der Waals surface area (Å²) >= 11 is 0. The van der Waals surface area contributed by atoms with Crippen molar-refractivity contribution >= 4 is 13.2 Å². The molecule has 0 aliphatic rings. The van der Waals surface area contributed by atoms with E-state index in [9.17, 15) is 0 Å². The third kappa shape index (κ3) is 3.01. The molecule has 0 aliphatic carbocycles. The highest BCUT2D eigenvalue weighted by molar-refractivity contribution is 6.48. The van der Waals surface area contributed by atoms with Crippen molar-refractivity contribution in [2.45, 2.75) is 0 Å². The number of methoxy groups -OCH3 is 2. The van der Waals surface area contributed by atoms with Crippen LogP contribution < -0.4 is 9.47 Å². The first kappa shape index (κ1) is 11.6. The monoisotopic (exact) mass is 208 g/mol. The van der Waals surface area contributed by atoms with Gasteiger partial charge in [-0.15, -0.1) is 0 Å². The van der Waals surface area contributed by atoms with Gasteiger partial charge in [-0.1, -0.05) is 18.1 Å². The van der Waals surface area contributed by atoms with Crippen LogP contribution in [0.1, 0.15) is 5.56 Å². The molecule has 5 heteroatoms. The molecule has 0 radical (unpaired) electrons. The lowest BCUT2D eigenvalue weighted by Crippen LogP contribution is -2.05. The van der Waals surface area contributed by atoms with E-state index in [2.05, 4.69) is 0 Å². The molecule has 15 heavy (non-hydrogen) atoms. The van der Waals surface area contributed by atoms with Crippen LogP contribution in [-0.4, -0.2) is 31.4 Å². The average molecular weight is 208 g/mol. The number of hydrogen-bond donors (Lipinski definition) is 2. The Morgan fingerprint density at radius 3 is 2.07 bits per heavy atom. The summed E-state index contributed by atoms with van der Waals surface area (Å²) in [5.41, 5.74) is 0.676. The molecule has 2 N–H and O–H groups in total. The zero-order valence-electron chi connectivity index (χ0n) is 8.68. The third-order valence-corrected chi connectivity index (χ3v) is 1.90. The first-order chi connectivity index (χ1) is 7.19. The second-order valence-corrected chi connectivity index (χ2v) is 2.85. The van der Waals surface area contributed by atoms with Crippen LogP contribution in [0.15, 0.2) is 24.2 Å². The van der Waals surface area contributed by atoms with Crippen LogP contribution in [0.25, 0.3) is 6.08 Å². The number of ether oxygens (including phenoxy) is 2. The normalized spacial score (nSPS) is 10.4. The Bertz CT molecular complexity index is 327. The maximum atomic E-state index is 8.73. The molecule has 1 rings (SSSR count). The third-order valence-electron chi connectivity index (χ3n) is 1.90. The Labute approximate surface area is 88.9 Å². The minimum atomic E-state index is -1.49. The molecular formula is C10H13BO4. The summed E-state index contributed by atoms with van der Waals surface area (Å²) in [5, 5.41) is 17.5. The molecule has 0 atom stereocenters. The van der Waals surface area contributed by atoms with Crippen LogP contribution in [-0.2, 0) is 0 Å². The number of hydrogen-bond acceptors (Lipinski definition) is 4. The van der Waals surface area contributed by atoms with Gasteiger partial charge < -0.3 is 19.5 Å². The maximum absolute atomic E-state index is 8.73. The number of benzene rings is 1. The van der Waals surface area contributed by atoms with Crippen molar-refractivity contribution < 1.29 is 19.5 Å². The van der Waals surface area contributed by atoms with Gasteiger partial charge in [0.1, 0.15) is 11.5 Å². The molecule has 0 unspecified atom stereocenters. The zero-order valence-corrected chi connectivity index (χ0v) is 8.68. The molecule has 0 aromatic heterocycles. The van der Waals surface area contributed by atoms with E-state index in [-0.39, 0.29) is 0 Å². The first-order valence-electron chi connectivity index (χ1n) is 4.44. The van der Waals surface area contributed by atoms with Crippen molar-refractivity contribution in [3.8, 4) is 11.5 Å². The van der Waals surface area contributed by atoms with E-state index in [4.69, 9.17) is 19.5 Å². The lowest BCUT2D eigenvalue weighted by Gasteiger charge is -2.09. The van der Waals surface area contributed by atoms with Crippen LogP contribution in [0.4, 0.5) is 0 Å². The Morgan fingerprint density at radius 1 is 1.13 bits per heavy atom. The summed E-state index contributed by atoms with van der Waals surface area (Å²) < 4.78 is 10.3. The van der Waals surface area contributed by atoms with Crippen LogP contribution in [0, 0.1) is 0 Å². The van der Waals surface area contributed by atoms with Crippen molar-refractivity contribution in [1.82, 2.24) is 0 Å². The second kappa shape index (κ2) is 5.43. The van der Waals surface area contributed by atoms with Crippen LogP contribution in [0.2, 0.25) is 0 Å². The lowest BCUT2D eigenvalue weighted by molar-refractivity contribution is 0.392. The van der Waals surface area contributed by atoms with Gasteiger partial charge in [0.15, 0.2) is 0 Å². The Hall–Kier alpha value is -1.46. The van der Waals surface area contributed by atoms with Gasteiger partial charge >= 0.3 is 7.12 Å². The van der Waals surface area contributed by atoms with Crippen molar-refractivity contribution in [3.63, 3.8) is 0 Å². The number of rotatable bonds is 4. The largest absolute Gasteiger partial charge is 0.496 e. The fourth-order valence-corrected chi connectivity index (χ4v) is 1.23. The lowest BCUT2D eigenvalue weighted by atomic mass is 9.90. The van der Waals surface area contributed by atoms with Gasteiger partial charge in [0.2, 0.25) is 0 Å². The summed E-state index contributed by atoms with van der Waals surface area (Å²) in [6.07, 6.45) is 1.54. The summed E-state index contributed by atoms with van der Waals surface area (Å²) in [6, 6.07) is 5.34. The van der Waals surface area contributed by atoms with E-state index in [0.29, 0.717) is 17.1 Å². The summed E-state index contributed by atoms with van der Waals surface area (Å²) in [4.78, 5) is 0. The Morgan fingerprint density at radius 2 is 1.67 bits per heavy atom. The van der Waals surface area contributed by atoms with Gasteiger partial charge in [0, 0.05) is 0 Å². The summed E-state index contributed by atoms with van der Waals surface area (Å²) in [5.74, 6) is 2.47. The topological polar surface area (TPSA) is 58.9 Å². The minimum absolute atomic E-state index is 0.617. The zero-order chi connectivity index (χ0) is 11.3. The molecule has 4 nitrogen and oxygen atoms in total. The predicted octanol–water partition coefficient (Wildman–Crippen LogP) is 0.729. The van der Waals surface area contributed by atoms with E-state index in [1.54, 1.807) is 38.5 Å². The van der Waals surface area contributed by atoms with Crippen LogP contribution >= 0.6 is 0 Å². The predicted molar refractivity (Wildman–Crippen MR) is 58.8 cm³/mol.